The van der Waals surface area contributed by atoms with Crippen LogP contribution in [0.3, 0.4) is 0 Å². The van der Waals surface area contributed by atoms with Crippen LogP contribution in [0.15, 0.2) is 72.8 Å². The topological polar surface area (TPSA) is 102 Å². The summed E-state index contributed by atoms with van der Waals surface area (Å²) in [4.78, 5) is 56.3. The Bertz CT molecular complexity index is 1410. The van der Waals surface area contributed by atoms with Gasteiger partial charge in [0.1, 0.15) is 6.61 Å². The average molecular weight is 539 g/mol. The minimum Gasteiger partial charge on any atom is -0.449 e. The molecule has 0 radical (unpaired) electrons. The fourth-order valence-electron chi connectivity index (χ4n) is 6.32. The van der Waals surface area contributed by atoms with E-state index in [4.69, 9.17) is 9.57 Å². The van der Waals surface area contributed by atoms with E-state index < -0.39 is 29.3 Å². The van der Waals surface area contributed by atoms with E-state index in [1.807, 2.05) is 24.3 Å². The van der Waals surface area contributed by atoms with Crippen molar-refractivity contribution in [2.75, 3.05) is 13.2 Å². The number of alkyl carbamates (subject to hydrolysis) is 1. The van der Waals surface area contributed by atoms with Crippen molar-refractivity contribution in [1.29, 1.82) is 0 Å². The Labute approximate surface area is 232 Å². The molecule has 40 heavy (non-hydrogen) atoms. The van der Waals surface area contributed by atoms with E-state index in [1.165, 1.54) is 12.1 Å². The number of rotatable bonds is 7. The monoisotopic (exact) mass is 538 g/mol. The quantitative estimate of drug-likeness (QED) is 0.392. The van der Waals surface area contributed by atoms with Crippen LogP contribution in [0.4, 0.5) is 4.79 Å². The number of amides is 3. The summed E-state index contributed by atoms with van der Waals surface area (Å²) in [6.07, 6.45) is 3.73. The molecule has 3 aromatic carbocycles. The molecule has 1 fully saturated rings. The van der Waals surface area contributed by atoms with Crippen molar-refractivity contribution in [3.8, 4) is 11.1 Å². The summed E-state index contributed by atoms with van der Waals surface area (Å²) in [7, 11) is 0. The third-order valence-electron chi connectivity index (χ3n) is 8.33. The van der Waals surface area contributed by atoms with Crippen LogP contribution >= 0.6 is 0 Å². The van der Waals surface area contributed by atoms with Crippen LogP contribution in [0.1, 0.15) is 76.3 Å². The number of hydroxylamine groups is 2. The lowest BCUT2D eigenvalue weighted by Crippen LogP contribution is -2.42. The maximum atomic E-state index is 13.0. The molecule has 1 N–H and O–H groups in total. The highest BCUT2D eigenvalue weighted by Gasteiger charge is 2.41. The maximum Gasteiger partial charge on any atom is 0.407 e. The molecule has 1 heterocycles. The second-order valence-corrected chi connectivity index (χ2v) is 10.8. The molecule has 204 valence electrons. The number of hydrogen-bond acceptors (Lipinski definition) is 6. The maximum absolute atomic E-state index is 13.0. The Balaban J connectivity index is 1.07. The van der Waals surface area contributed by atoms with Crippen LogP contribution in [-0.4, -0.2) is 42.1 Å². The Kier molecular flexibility index (Phi) is 6.84. The number of ether oxygens (including phenoxy) is 1. The molecule has 8 nitrogen and oxygen atoms in total. The molecule has 1 aliphatic heterocycles. The smallest absolute Gasteiger partial charge is 0.407 e. The largest absolute Gasteiger partial charge is 0.449 e. The van der Waals surface area contributed by atoms with Crippen LogP contribution < -0.4 is 5.32 Å². The Morgan fingerprint density at radius 1 is 0.775 bits per heavy atom. The van der Waals surface area contributed by atoms with Crippen molar-refractivity contribution < 1.29 is 28.8 Å². The lowest BCUT2D eigenvalue weighted by Gasteiger charge is -2.36. The lowest BCUT2D eigenvalue weighted by molar-refractivity contribution is -0.172. The molecule has 0 saturated heterocycles. The van der Waals surface area contributed by atoms with Gasteiger partial charge in [-0.1, -0.05) is 85.0 Å². The Hall–Kier alpha value is -4.46. The zero-order valence-electron chi connectivity index (χ0n) is 22.1. The summed E-state index contributed by atoms with van der Waals surface area (Å²) in [5.41, 5.74) is 4.47. The summed E-state index contributed by atoms with van der Waals surface area (Å²) in [6, 6.07) is 22.7. The van der Waals surface area contributed by atoms with Gasteiger partial charge in [-0.25, -0.2) is 9.59 Å². The molecule has 2 aliphatic carbocycles. The molecule has 0 atom stereocenters. The van der Waals surface area contributed by atoms with Gasteiger partial charge in [-0.2, -0.15) is 0 Å². The molecule has 6 rings (SSSR count). The first-order valence-electron chi connectivity index (χ1n) is 13.7. The number of hydrogen-bond donors (Lipinski definition) is 1. The van der Waals surface area contributed by atoms with Crippen LogP contribution in [0.5, 0.6) is 0 Å². The van der Waals surface area contributed by atoms with Crippen molar-refractivity contribution in [3.63, 3.8) is 0 Å². The second kappa shape index (κ2) is 10.6. The van der Waals surface area contributed by atoms with Crippen LogP contribution in [-0.2, 0) is 14.4 Å². The van der Waals surface area contributed by atoms with Crippen molar-refractivity contribution >= 4 is 23.9 Å². The van der Waals surface area contributed by atoms with Gasteiger partial charge in [0.25, 0.3) is 11.8 Å². The zero-order valence-corrected chi connectivity index (χ0v) is 22.1. The van der Waals surface area contributed by atoms with Gasteiger partial charge in [0.15, 0.2) is 0 Å². The van der Waals surface area contributed by atoms with Gasteiger partial charge in [0, 0.05) is 12.5 Å². The molecule has 0 unspecified atom stereocenters. The standard InChI is InChI=1S/C32H30N2O6/c35-28(40-34-29(36)25-14-6-7-15-26(25)30(34)37)18-32(16-8-1-9-17-32)20-33-31(38)39-19-27-23-12-4-2-10-21(23)22-11-3-5-13-24(22)27/h2-7,10-15,27H,1,8-9,16-20H2,(H,33,38). The average Bonchev–Trinajstić information content (AvgIpc) is 3.43. The van der Waals surface area contributed by atoms with Crippen molar-refractivity contribution in [2.45, 2.75) is 44.4 Å². The minimum absolute atomic E-state index is 0.0237. The van der Waals surface area contributed by atoms with Crippen LogP contribution in [0.2, 0.25) is 0 Å². The van der Waals surface area contributed by atoms with E-state index in [2.05, 4.69) is 29.6 Å². The summed E-state index contributed by atoms with van der Waals surface area (Å²) >= 11 is 0. The molecule has 8 heteroatoms. The fraction of sp³-hybridized carbons (Fsp3) is 0.312. The predicted octanol–water partition coefficient (Wildman–Crippen LogP) is 5.62. The highest BCUT2D eigenvalue weighted by atomic mass is 16.7. The molecule has 1 saturated carbocycles. The first kappa shape index (κ1) is 25.8. The summed E-state index contributed by atoms with van der Waals surface area (Å²) in [5, 5.41) is 3.42. The van der Waals surface area contributed by atoms with E-state index in [-0.39, 0.29) is 36.6 Å². The number of nitrogens with one attached hydrogen (secondary N) is 1. The van der Waals surface area contributed by atoms with E-state index >= 15 is 0 Å². The van der Waals surface area contributed by atoms with Crippen LogP contribution in [0, 0.1) is 5.41 Å². The van der Waals surface area contributed by atoms with Gasteiger partial charge in [-0.3, -0.25) is 9.59 Å². The molecular formula is C32H30N2O6. The van der Waals surface area contributed by atoms with Gasteiger partial charge >= 0.3 is 12.1 Å². The Morgan fingerprint density at radius 3 is 1.88 bits per heavy atom. The molecule has 0 bridgehead atoms. The fourth-order valence-corrected chi connectivity index (χ4v) is 6.32. The van der Waals surface area contributed by atoms with Crippen molar-refractivity contribution in [3.05, 3.63) is 95.1 Å². The van der Waals surface area contributed by atoms with E-state index in [0.29, 0.717) is 17.9 Å². The third-order valence-corrected chi connectivity index (χ3v) is 8.33. The number of imide groups is 1. The molecule has 0 spiro atoms. The van der Waals surface area contributed by atoms with Gasteiger partial charge in [-0.05, 0) is 52.6 Å². The summed E-state index contributed by atoms with van der Waals surface area (Å²) < 4.78 is 5.69. The first-order valence-corrected chi connectivity index (χ1v) is 13.7. The zero-order chi connectivity index (χ0) is 27.7. The van der Waals surface area contributed by atoms with Gasteiger partial charge in [0.05, 0.1) is 17.5 Å². The van der Waals surface area contributed by atoms with E-state index in [9.17, 15) is 19.2 Å². The molecular weight excluding hydrogens is 508 g/mol. The SMILES string of the molecule is O=C(CC1(CNC(=O)OCC2c3ccccc3-c3ccccc32)CCCCC1)ON1C(=O)c2ccccc2C1=O. The predicted molar refractivity (Wildman–Crippen MR) is 146 cm³/mol. The van der Waals surface area contributed by atoms with Gasteiger partial charge < -0.3 is 14.9 Å². The van der Waals surface area contributed by atoms with Crippen LogP contribution in [0.25, 0.3) is 11.1 Å². The number of carbonyl (C=O) groups excluding carboxylic acids is 4. The third kappa shape index (κ3) is 4.74. The molecule has 3 aliphatic rings. The highest BCUT2D eigenvalue weighted by molar-refractivity contribution is 6.20. The minimum atomic E-state index is -0.675. The second-order valence-electron chi connectivity index (χ2n) is 10.8. The lowest BCUT2D eigenvalue weighted by atomic mass is 9.72. The van der Waals surface area contributed by atoms with Crippen molar-refractivity contribution in [2.24, 2.45) is 5.41 Å². The number of carbonyl (C=O) groups is 4. The van der Waals surface area contributed by atoms with E-state index in [1.54, 1.807) is 12.1 Å². The van der Waals surface area contributed by atoms with Crippen molar-refractivity contribution in [1.82, 2.24) is 10.4 Å². The molecule has 3 amide bonds. The normalized spacial score (nSPS) is 17.1. The Morgan fingerprint density at radius 2 is 1.30 bits per heavy atom. The number of fused-ring (bicyclic) bond motifs is 4. The molecule has 0 aromatic heterocycles. The van der Waals surface area contributed by atoms with Gasteiger partial charge in [0.2, 0.25) is 0 Å². The summed E-state index contributed by atoms with van der Waals surface area (Å²) in [6.45, 7) is 0.440. The number of nitrogens with zero attached hydrogens (tertiary/aromatic N) is 1. The highest BCUT2D eigenvalue weighted by Crippen LogP contribution is 2.44. The molecule has 3 aromatic rings. The summed E-state index contributed by atoms with van der Waals surface area (Å²) in [5.74, 6) is -2.02. The first-order chi connectivity index (χ1) is 19.5. The van der Waals surface area contributed by atoms with Gasteiger partial charge in [-0.15, -0.1) is 0 Å². The van der Waals surface area contributed by atoms with E-state index in [0.717, 1.165) is 41.5 Å². The number of benzene rings is 3.